The Morgan fingerprint density at radius 3 is 2.61 bits per heavy atom. The van der Waals surface area contributed by atoms with Crippen LogP contribution in [0.15, 0.2) is 54.7 Å². The molecule has 2 heterocycles. The molecule has 7 nitrogen and oxygen atoms in total. The smallest absolute Gasteiger partial charge is 0.326 e. The Bertz CT molecular complexity index is 1130. The lowest BCUT2D eigenvalue weighted by Crippen LogP contribution is -2.37. The van der Waals surface area contributed by atoms with Crippen molar-refractivity contribution in [2.45, 2.75) is 13.0 Å². The number of carbonyl (C=O) groups excluding carboxylic acids is 4. The predicted octanol–water partition coefficient (Wildman–Crippen LogP) is 2.51. The molecule has 0 aliphatic carbocycles. The summed E-state index contributed by atoms with van der Waals surface area (Å²) in [5.41, 5.74) is 1.85. The first-order valence-electron chi connectivity index (χ1n) is 8.72. The maximum absolute atomic E-state index is 12.7. The van der Waals surface area contributed by atoms with Gasteiger partial charge in [0, 0.05) is 22.7 Å². The molecule has 0 saturated heterocycles. The normalized spacial score (nSPS) is 14.2. The number of ether oxygens (including phenoxy) is 1. The highest BCUT2D eigenvalue weighted by Gasteiger charge is 2.37. The maximum atomic E-state index is 12.7. The predicted molar refractivity (Wildman–Crippen MR) is 101 cm³/mol. The number of carbonyl (C=O) groups is 4. The van der Waals surface area contributed by atoms with Gasteiger partial charge in [0.2, 0.25) is 5.78 Å². The third kappa shape index (κ3) is 2.87. The third-order valence-corrected chi connectivity index (χ3v) is 4.70. The quantitative estimate of drug-likeness (QED) is 0.419. The Hall–Kier alpha value is -3.74. The summed E-state index contributed by atoms with van der Waals surface area (Å²) in [6.07, 6.45) is 0.548. The molecule has 0 unspecified atom stereocenters. The minimum atomic E-state index is -1.03. The van der Waals surface area contributed by atoms with Crippen LogP contribution in [0.4, 0.5) is 5.69 Å². The Morgan fingerprint density at radius 1 is 1.07 bits per heavy atom. The molecule has 0 spiro atoms. The highest BCUT2D eigenvalue weighted by atomic mass is 16.5. The Kier molecular flexibility index (Phi) is 4.27. The summed E-state index contributed by atoms with van der Waals surface area (Å²) in [5.74, 6) is -2.56. The number of benzene rings is 2. The number of H-pyrrole nitrogens is 1. The van der Waals surface area contributed by atoms with Crippen LogP contribution in [0.2, 0.25) is 0 Å². The van der Waals surface area contributed by atoms with E-state index in [-0.39, 0.29) is 11.3 Å². The van der Waals surface area contributed by atoms with Gasteiger partial charge >= 0.3 is 5.97 Å². The van der Waals surface area contributed by atoms with Crippen LogP contribution >= 0.6 is 0 Å². The Balaban J connectivity index is 1.47. The number of hydrogen-bond donors (Lipinski definition) is 1. The van der Waals surface area contributed by atoms with E-state index in [1.807, 2.05) is 18.2 Å². The maximum Gasteiger partial charge on any atom is 0.326 e. The molecule has 1 N–H and O–H groups in total. The van der Waals surface area contributed by atoms with E-state index in [4.69, 9.17) is 4.74 Å². The number of Topliss-reactive ketones (excluding diaryl/α,β-unsaturated/α-hetero) is 2. The zero-order valence-corrected chi connectivity index (χ0v) is 15.0. The molecule has 3 aromatic rings. The lowest BCUT2D eigenvalue weighted by Gasteiger charge is -2.17. The zero-order chi connectivity index (χ0) is 19.8. The summed E-state index contributed by atoms with van der Waals surface area (Å²) < 4.78 is 5.24. The van der Waals surface area contributed by atoms with Crippen LogP contribution in [0.25, 0.3) is 10.9 Å². The van der Waals surface area contributed by atoms with Gasteiger partial charge in [-0.2, -0.15) is 0 Å². The van der Waals surface area contributed by atoms with E-state index in [0.717, 1.165) is 15.8 Å². The topological polar surface area (TPSA) is 96.5 Å². The standard InChI is InChI=1S/C21H16N2O5/c1-12(19(25)15-10-22-16-8-4-2-6-13(15)16)28-18(24)11-23-17-9-5-3-7-14(17)20(26)21(23)27/h2-10,12,22H,11H2,1H3/t12-/m0/s1. The third-order valence-electron chi connectivity index (χ3n) is 4.70. The van der Waals surface area contributed by atoms with E-state index in [1.54, 1.807) is 30.5 Å². The lowest BCUT2D eigenvalue weighted by molar-refractivity contribution is -0.145. The van der Waals surface area contributed by atoms with Gasteiger partial charge in [-0.1, -0.05) is 30.3 Å². The van der Waals surface area contributed by atoms with Crippen molar-refractivity contribution < 1.29 is 23.9 Å². The molecular formula is C21H16N2O5. The van der Waals surface area contributed by atoms with E-state index < -0.39 is 30.3 Å². The number of anilines is 1. The molecule has 140 valence electrons. The van der Waals surface area contributed by atoms with E-state index in [2.05, 4.69) is 4.98 Å². The zero-order valence-electron chi connectivity index (χ0n) is 15.0. The van der Waals surface area contributed by atoms with Crippen LogP contribution in [0.1, 0.15) is 27.6 Å². The number of amides is 1. The molecule has 2 aromatic carbocycles. The van der Waals surface area contributed by atoms with Crippen LogP contribution in [-0.2, 0) is 14.3 Å². The number of para-hydroxylation sites is 2. The summed E-state index contributed by atoms with van der Waals surface area (Å²) >= 11 is 0. The van der Waals surface area contributed by atoms with E-state index >= 15 is 0 Å². The van der Waals surface area contributed by atoms with Gasteiger partial charge in [0.25, 0.3) is 11.7 Å². The van der Waals surface area contributed by atoms with Crippen LogP contribution in [0.5, 0.6) is 0 Å². The van der Waals surface area contributed by atoms with Crippen molar-refractivity contribution in [3.8, 4) is 0 Å². The first-order valence-corrected chi connectivity index (χ1v) is 8.72. The number of ketones is 2. The monoisotopic (exact) mass is 376 g/mol. The fourth-order valence-corrected chi connectivity index (χ4v) is 3.32. The van der Waals surface area contributed by atoms with E-state index in [9.17, 15) is 19.2 Å². The minimum Gasteiger partial charge on any atom is -0.453 e. The van der Waals surface area contributed by atoms with Crippen molar-refractivity contribution in [1.29, 1.82) is 0 Å². The molecular weight excluding hydrogens is 360 g/mol. The second kappa shape index (κ2) is 6.77. The molecule has 28 heavy (non-hydrogen) atoms. The molecule has 1 amide bonds. The molecule has 1 aliphatic rings. The lowest BCUT2D eigenvalue weighted by atomic mass is 10.1. The van der Waals surface area contributed by atoms with Crippen LogP contribution in [0, 0.1) is 0 Å². The van der Waals surface area contributed by atoms with Crippen LogP contribution in [0.3, 0.4) is 0 Å². The van der Waals surface area contributed by atoms with Crippen LogP contribution in [-0.4, -0.2) is 41.1 Å². The Morgan fingerprint density at radius 2 is 1.79 bits per heavy atom. The van der Waals surface area contributed by atoms with Crippen molar-refractivity contribution in [1.82, 2.24) is 4.98 Å². The van der Waals surface area contributed by atoms with Gasteiger partial charge in [0.05, 0.1) is 11.3 Å². The molecule has 4 rings (SSSR count). The number of fused-ring (bicyclic) bond motifs is 2. The molecule has 0 bridgehead atoms. The first-order chi connectivity index (χ1) is 13.5. The van der Waals surface area contributed by atoms with Gasteiger partial charge in [0.1, 0.15) is 6.54 Å². The van der Waals surface area contributed by atoms with Crippen molar-refractivity contribution >= 4 is 40.0 Å². The van der Waals surface area contributed by atoms with Crippen molar-refractivity contribution in [3.05, 3.63) is 65.9 Å². The first kappa shape index (κ1) is 17.7. The fourth-order valence-electron chi connectivity index (χ4n) is 3.32. The summed E-state index contributed by atoms with van der Waals surface area (Å²) in [6.45, 7) is 1.04. The summed E-state index contributed by atoms with van der Waals surface area (Å²) in [4.78, 5) is 53.2. The Labute approximate surface area is 159 Å². The SMILES string of the molecule is C[C@H](OC(=O)CN1C(=O)C(=O)c2ccccc21)C(=O)c1c[nH]c2ccccc12. The van der Waals surface area contributed by atoms with E-state index in [0.29, 0.717) is 11.3 Å². The van der Waals surface area contributed by atoms with Gasteiger partial charge in [-0.15, -0.1) is 0 Å². The average Bonchev–Trinajstić information content (AvgIpc) is 3.23. The summed E-state index contributed by atoms with van der Waals surface area (Å²) in [5, 5.41) is 0.740. The number of aromatic nitrogens is 1. The number of aromatic amines is 1. The highest BCUT2D eigenvalue weighted by Crippen LogP contribution is 2.28. The molecule has 0 radical (unpaired) electrons. The second-order valence-corrected chi connectivity index (χ2v) is 6.48. The fraction of sp³-hybridized carbons (Fsp3) is 0.143. The molecule has 1 aliphatic heterocycles. The minimum absolute atomic E-state index is 0.253. The summed E-state index contributed by atoms with van der Waals surface area (Å²) in [7, 11) is 0. The number of hydrogen-bond acceptors (Lipinski definition) is 5. The van der Waals surface area contributed by atoms with Crippen molar-refractivity contribution in [3.63, 3.8) is 0 Å². The van der Waals surface area contributed by atoms with Gasteiger partial charge in [-0.3, -0.25) is 24.1 Å². The molecule has 0 fully saturated rings. The second-order valence-electron chi connectivity index (χ2n) is 6.48. The number of rotatable bonds is 5. The van der Waals surface area contributed by atoms with Gasteiger partial charge < -0.3 is 9.72 Å². The number of esters is 1. The molecule has 1 atom stereocenters. The van der Waals surface area contributed by atoms with E-state index in [1.165, 1.54) is 13.0 Å². The molecule has 7 heteroatoms. The van der Waals surface area contributed by atoms with Crippen LogP contribution < -0.4 is 4.90 Å². The van der Waals surface area contributed by atoms with Gasteiger partial charge in [-0.25, -0.2) is 0 Å². The molecule has 1 aromatic heterocycles. The molecule has 0 saturated carbocycles. The highest BCUT2D eigenvalue weighted by molar-refractivity contribution is 6.52. The average molecular weight is 376 g/mol. The summed E-state index contributed by atoms with van der Waals surface area (Å²) in [6, 6.07) is 13.8. The van der Waals surface area contributed by atoms with Gasteiger partial charge in [-0.05, 0) is 25.1 Å². The van der Waals surface area contributed by atoms with Gasteiger partial charge in [0.15, 0.2) is 6.10 Å². The van der Waals surface area contributed by atoms with Crippen molar-refractivity contribution in [2.75, 3.05) is 11.4 Å². The largest absolute Gasteiger partial charge is 0.453 e. The number of nitrogens with one attached hydrogen (secondary N) is 1. The van der Waals surface area contributed by atoms with Crippen molar-refractivity contribution in [2.24, 2.45) is 0 Å². The number of nitrogens with zero attached hydrogens (tertiary/aromatic N) is 1.